The molecule has 1 aliphatic rings. The van der Waals surface area contributed by atoms with Gasteiger partial charge in [-0.25, -0.2) is 0 Å². The molecule has 0 spiro atoms. The molecular formula is C19H21N3O4. The molecule has 7 nitrogen and oxygen atoms in total. The van der Waals surface area contributed by atoms with E-state index < -0.39 is 0 Å². The second-order valence-corrected chi connectivity index (χ2v) is 6.20. The van der Waals surface area contributed by atoms with Gasteiger partial charge in [0.25, 0.3) is 11.8 Å². The number of amides is 2. The highest BCUT2D eigenvalue weighted by Crippen LogP contribution is 2.20. The van der Waals surface area contributed by atoms with Crippen LogP contribution < -0.4 is 10.3 Å². The molecule has 0 saturated carbocycles. The summed E-state index contributed by atoms with van der Waals surface area (Å²) in [5, 5.41) is 0. The summed E-state index contributed by atoms with van der Waals surface area (Å²) >= 11 is 0. The van der Waals surface area contributed by atoms with Gasteiger partial charge in [0.15, 0.2) is 0 Å². The molecule has 1 fully saturated rings. The maximum absolute atomic E-state index is 12.7. The molecule has 1 N–H and O–H groups in total. The first-order valence-corrected chi connectivity index (χ1v) is 8.42. The second-order valence-electron chi connectivity index (χ2n) is 6.20. The Bertz CT molecular complexity index is 882. The molecule has 7 heteroatoms. The Morgan fingerprint density at radius 2 is 1.65 bits per heavy atom. The number of aromatic amines is 1. The summed E-state index contributed by atoms with van der Waals surface area (Å²) in [5.41, 5.74) is 1.49. The lowest BCUT2D eigenvalue weighted by atomic mass is 10.1. The van der Waals surface area contributed by atoms with Gasteiger partial charge in [-0.2, -0.15) is 0 Å². The molecule has 0 bridgehead atoms. The number of hydrogen-bond donors (Lipinski definition) is 1. The molecule has 0 radical (unpaired) electrons. The number of ether oxygens (including phenoxy) is 1. The highest BCUT2D eigenvalue weighted by molar-refractivity contribution is 5.95. The molecule has 1 aromatic carbocycles. The number of nitrogens with zero attached hydrogens (tertiary/aromatic N) is 2. The van der Waals surface area contributed by atoms with E-state index in [2.05, 4.69) is 4.98 Å². The zero-order valence-corrected chi connectivity index (χ0v) is 14.8. The minimum Gasteiger partial charge on any atom is -0.496 e. The first-order valence-electron chi connectivity index (χ1n) is 8.42. The Balaban J connectivity index is 1.65. The smallest absolute Gasteiger partial charge is 0.270 e. The fourth-order valence-electron chi connectivity index (χ4n) is 2.99. The van der Waals surface area contributed by atoms with Crippen molar-refractivity contribution < 1.29 is 14.3 Å². The van der Waals surface area contributed by atoms with E-state index in [1.807, 2.05) is 13.0 Å². The Morgan fingerprint density at radius 1 is 1.00 bits per heavy atom. The fourth-order valence-corrected chi connectivity index (χ4v) is 2.99. The van der Waals surface area contributed by atoms with Gasteiger partial charge >= 0.3 is 0 Å². The number of rotatable bonds is 3. The zero-order valence-electron chi connectivity index (χ0n) is 14.8. The summed E-state index contributed by atoms with van der Waals surface area (Å²) in [6, 6.07) is 9.88. The number of pyridine rings is 1. The van der Waals surface area contributed by atoms with E-state index in [1.54, 1.807) is 41.2 Å². The highest BCUT2D eigenvalue weighted by atomic mass is 16.5. The number of benzene rings is 1. The van der Waals surface area contributed by atoms with Crippen LogP contribution in [0, 0.1) is 6.92 Å². The van der Waals surface area contributed by atoms with Gasteiger partial charge in [0, 0.05) is 37.8 Å². The first-order chi connectivity index (χ1) is 12.5. The number of H-pyrrole nitrogens is 1. The lowest BCUT2D eigenvalue weighted by Crippen LogP contribution is -2.50. The fraction of sp³-hybridized carbons (Fsp3) is 0.316. The molecule has 1 aromatic heterocycles. The predicted molar refractivity (Wildman–Crippen MR) is 96.6 cm³/mol. The molecule has 1 saturated heterocycles. The molecule has 2 heterocycles. The Labute approximate surface area is 151 Å². The third kappa shape index (κ3) is 3.61. The lowest BCUT2D eigenvalue weighted by Gasteiger charge is -2.34. The van der Waals surface area contributed by atoms with Crippen LogP contribution in [0.15, 0.2) is 41.2 Å². The van der Waals surface area contributed by atoms with Crippen LogP contribution in [-0.2, 0) is 0 Å². The van der Waals surface area contributed by atoms with Gasteiger partial charge in [-0.05, 0) is 30.7 Å². The normalized spacial score (nSPS) is 14.2. The number of nitrogens with one attached hydrogen (secondary N) is 1. The molecule has 3 rings (SSSR count). The summed E-state index contributed by atoms with van der Waals surface area (Å²) in [4.78, 5) is 42.4. The van der Waals surface area contributed by atoms with Crippen LogP contribution in [0.3, 0.4) is 0 Å². The molecule has 26 heavy (non-hydrogen) atoms. The van der Waals surface area contributed by atoms with Gasteiger partial charge < -0.3 is 19.5 Å². The molecule has 1 aliphatic heterocycles. The standard InChI is InChI=1S/C19H21N3O4/c1-13-6-7-14(12-16(13)26-2)18(24)21-8-10-22(11-9-21)19(25)15-4-3-5-17(23)20-15/h3-7,12H,8-11H2,1-2H3,(H,20,23). The topological polar surface area (TPSA) is 82.7 Å². The van der Waals surface area contributed by atoms with Gasteiger partial charge in [-0.3, -0.25) is 14.4 Å². The van der Waals surface area contributed by atoms with Crippen molar-refractivity contribution >= 4 is 11.8 Å². The molecule has 0 unspecified atom stereocenters. The van der Waals surface area contributed by atoms with Crippen molar-refractivity contribution in [2.45, 2.75) is 6.92 Å². The van der Waals surface area contributed by atoms with Crippen molar-refractivity contribution in [2.75, 3.05) is 33.3 Å². The number of aryl methyl sites for hydroxylation is 1. The largest absolute Gasteiger partial charge is 0.496 e. The van der Waals surface area contributed by atoms with E-state index in [0.717, 1.165) is 5.56 Å². The van der Waals surface area contributed by atoms with Crippen LogP contribution in [0.25, 0.3) is 0 Å². The monoisotopic (exact) mass is 355 g/mol. The van der Waals surface area contributed by atoms with E-state index in [-0.39, 0.29) is 23.1 Å². The Hall–Kier alpha value is -3.09. The van der Waals surface area contributed by atoms with E-state index in [1.165, 1.54) is 6.07 Å². The van der Waals surface area contributed by atoms with Crippen LogP contribution in [-0.4, -0.2) is 59.9 Å². The van der Waals surface area contributed by atoms with Crippen LogP contribution in [0.4, 0.5) is 0 Å². The SMILES string of the molecule is COc1cc(C(=O)N2CCN(C(=O)c3cccc(=O)[nH]3)CC2)ccc1C. The predicted octanol–water partition coefficient (Wildman–Crippen LogP) is 1.29. The van der Waals surface area contributed by atoms with Crippen LogP contribution in [0.5, 0.6) is 5.75 Å². The van der Waals surface area contributed by atoms with Gasteiger partial charge in [-0.15, -0.1) is 0 Å². The average molecular weight is 355 g/mol. The van der Waals surface area contributed by atoms with E-state index >= 15 is 0 Å². The number of aromatic nitrogens is 1. The van der Waals surface area contributed by atoms with Gasteiger partial charge in [-0.1, -0.05) is 12.1 Å². The molecule has 136 valence electrons. The van der Waals surface area contributed by atoms with Crippen molar-refractivity contribution in [2.24, 2.45) is 0 Å². The van der Waals surface area contributed by atoms with E-state index in [0.29, 0.717) is 37.5 Å². The summed E-state index contributed by atoms with van der Waals surface area (Å²) in [6.07, 6.45) is 0. The van der Waals surface area contributed by atoms with Crippen molar-refractivity contribution in [3.8, 4) is 5.75 Å². The van der Waals surface area contributed by atoms with Crippen molar-refractivity contribution in [1.82, 2.24) is 14.8 Å². The maximum Gasteiger partial charge on any atom is 0.270 e. The van der Waals surface area contributed by atoms with E-state index in [4.69, 9.17) is 4.74 Å². The second kappa shape index (κ2) is 7.43. The molecular weight excluding hydrogens is 334 g/mol. The number of methoxy groups -OCH3 is 1. The first kappa shape index (κ1) is 17.7. The Kier molecular flexibility index (Phi) is 5.06. The summed E-state index contributed by atoms with van der Waals surface area (Å²) in [7, 11) is 1.58. The maximum atomic E-state index is 12.7. The number of piperazine rings is 1. The quantitative estimate of drug-likeness (QED) is 0.899. The molecule has 2 amide bonds. The van der Waals surface area contributed by atoms with Gasteiger partial charge in [0.2, 0.25) is 5.56 Å². The van der Waals surface area contributed by atoms with Crippen LogP contribution >= 0.6 is 0 Å². The minimum absolute atomic E-state index is 0.0801. The van der Waals surface area contributed by atoms with Gasteiger partial charge in [0.1, 0.15) is 11.4 Å². The van der Waals surface area contributed by atoms with Crippen LogP contribution in [0.2, 0.25) is 0 Å². The third-order valence-electron chi connectivity index (χ3n) is 4.51. The van der Waals surface area contributed by atoms with Crippen molar-refractivity contribution in [1.29, 1.82) is 0 Å². The minimum atomic E-state index is -0.307. The molecule has 2 aromatic rings. The van der Waals surface area contributed by atoms with Crippen molar-refractivity contribution in [3.63, 3.8) is 0 Å². The summed E-state index contributed by atoms with van der Waals surface area (Å²) < 4.78 is 5.28. The summed E-state index contributed by atoms with van der Waals surface area (Å²) in [6.45, 7) is 3.65. The van der Waals surface area contributed by atoms with E-state index in [9.17, 15) is 14.4 Å². The average Bonchev–Trinajstić information content (AvgIpc) is 2.67. The summed E-state index contributed by atoms with van der Waals surface area (Å²) in [5.74, 6) is 0.369. The molecule has 0 aliphatic carbocycles. The molecule has 0 atom stereocenters. The number of carbonyl (C=O) groups is 2. The number of carbonyl (C=O) groups excluding carboxylic acids is 2. The van der Waals surface area contributed by atoms with Gasteiger partial charge in [0.05, 0.1) is 7.11 Å². The van der Waals surface area contributed by atoms with Crippen molar-refractivity contribution in [3.05, 3.63) is 63.6 Å². The highest BCUT2D eigenvalue weighted by Gasteiger charge is 2.26. The number of hydrogen-bond acceptors (Lipinski definition) is 4. The third-order valence-corrected chi connectivity index (χ3v) is 4.51. The van der Waals surface area contributed by atoms with Crippen LogP contribution in [0.1, 0.15) is 26.4 Å². The zero-order chi connectivity index (χ0) is 18.7. The Morgan fingerprint density at radius 3 is 2.27 bits per heavy atom. The lowest BCUT2D eigenvalue weighted by molar-refractivity contribution is 0.0532.